The van der Waals surface area contributed by atoms with E-state index in [0.717, 1.165) is 19.3 Å². The highest BCUT2D eigenvalue weighted by atomic mass is 35.5. The summed E-state index contributed by atoms with van der Waals surface area (Å²) in [6.45, 7) is 2.27. The summed E-state index contributed by atoms with van der Waals surface area (Å²) < 4.78 is 0. The second-order valence-corrected chi connectivity index (χ2v) is 6.23. The Hall–Kier alpha value is -1.14. The maximum atomic E-state index is 9.79. The summed E-state index contributed by atoms with van der Waals surface area (Å²) in [6.07, 6.45) is 4.11. The number of halogens is 1. The van der Waals surface area contributed by atoms with Crippen molar-refractivity contribution in [3.05, 3.63) is 5.28 Å². The van der Waals surface area contributed by atoms with Crippen LogP contribution in [0, 0.1) is 5.92 Å². The third kappa shape index (κ3) is 3.49. The molecule has 0 radical (unpaired) electrons. The van der Waals surface area contributed by atoms with E-state index in [9.17, 15) is 5.11 Å². The molecule has 20 heavy (non-hydrogen) atoms. The second-order valence-electron chi connectivity index (χ2n) is 5.89. The van der Waals surface area contributed by atoms with Gasteiger partial charge in [0.15, 0.2) is 0 Å². The first-order valence-electron chi connectivity index (χ1n) is 6.92. The molecule has 0 aromatic carbocycles. The lowest BCUT2D eigenvalue weighted by molar-refractivity contribution is 0.149. The summed E-state index contributed by atoms with van der Waals surface area (Å²) in [6, 6.07) is 0. The van der Waals surface area contributed by atoms with Gasteiger partial charge in [0.1, 0.15) is 0 Å². The number of nitrogens with one attached hydrogen (secondary N) is 1. The summed E-state index contributed by atoms with van der Waals surface area (Å²) in [4.78, 5) is 14.3. The molecule has 0 spiro atoms. The molecule has 0 saturated heterocycles. The molecule has 2 rings (SSSR count). The summed E-state index contributed by atoms with van der Waals surface area (Å²) in [5.74, 6) is 1.51. The highest BCUT2D eigenvalue weighted by Crippen LogP contribution is 2.34. The van der Waals surface area contributed by atoms with Crippen molar-refractivity contribution < 1.29 is 5.11 Å². The molecule has 0 amide bonds. The van der Waals surface area contributed by atoms with Crippen molar-refractivity contribution in [1.29, 1.82) is 0 Å². The van der Waals surface area contributed by atoms with E-state index in [-0.39, 0.29) is 17.4 Å². The number of aromatic nitrogens is 3. The number of nitrogens with zero attached hydrogens (tertiary/aromatic N) is 4. The number of aliphatic hydroxyl groups excluding tert-OH is 1. The molecule has 7 heteroatoms. The van der Waals surface area contributed by atoms with E-state index in [1.54, 1.807) is 4.90 Å². The van der Waals surface area contributed by atoms with Crippen molar-refractivity contribution in [1.82, 2.24) is 15.0 Å². The minimum absolute atomic E-state index is 0.0674. The fourth-order valence-corrected chi connectivity index (χ4v) is 2.95. The normalized spacial score (nSPS) is 26.4. The molecule has 1 saturated carbocycles. The van der Waals surface area contributed by atoms with Crippen LogP contribution in [-0.4, -0.2) is 46.3 Å². The monoisotopic (exact) mass is 299 g/mol. The summed E-state index contributed by atoms with van der Waals surface area (Å²) in [5, 5.41) is 13.2. The van der Waals surface area contributed by atoms with Gasteiger partial charge in [0, 0.05) is 14.1 Å². The average molecular weight is 300 g/mol. The molecule has 1 heterocycles. The van der Waals surface area contributed by atoms with Crippen LogP contribution in [0.4, 0.5) is 11.9 Å². The quantitative estimate of drug-likeness (QED) is 0.885. The van der Waals surface area contributed by atoms with Gasteiger partial charge in [-0.05, 0) is 30.4 Å². The topological polar surface area (TPSA) is 74.2 Å². The van der Waals surface area contributed by atoms with Gasteiger partial charge in [-0.2, -0.15) is 15.0 Å². The van der Waals surface area contributed by atoms with Crippen LogP contribution in [-0.2, 0) is 0 Å². The number of rotatable bonds is 4. The molecule has 1 aliphatic rings. The maximum absolute atomic E-state index is 9.79. The number of anilines is 2. The molecule has 6 nitrogen and oxygen atoms in total. The Balaban J connectivity index is 2.23. The lowest BCUT2D eigenvalue weighted by Crippen LogP contribution is -2.46. The van der Waals surface area contributed by atoms with Gasteiger partial charge in [0.2, 0.25) is 17.2 Å². The standard InChI is InChI=1S/C13H22ClN5O/c1-9-5-4-6-13(7-9,8-20)18-11-15-10(14)16-12(17-11)19(2)3/h9,20H,4-8H2,1-3H3,(H,15,16,17,18). The highest BCUT2D eigenvalue weighted by Gasteiger charge is 2.35. The molecule has 2 atom stereocenters. The lowest BCUT2D eigenvalue weighted by Gasteiger charge is -2.39. The Kier molecular flexibility index (Phi) is 4.65. The van der Waals surface area contributed by atoms with Gasteiger partial charge < -0.3 is 15.3 Å². The molecule has 2 N–H and O–H groups in total. The first kappa shape index (κ1) is 15.3. The fraction of sp³-hybridized carbons (Fsp3) is 0.769. The molecular formula is C13H22ClN5O. The van der Waals surface area contributed by atoms with Crippen LogP contribution in [0.1, 0.15) is 32.6 Å². The smallest absolute Gasteiger partial charge is 0.230 e. The molecule has 1 aromatic rings. The first-order valence-corrected chi connectivity index (χ1v) is 7.30. The van der Waals surface area contributed by atoms with Crippen LogP contribution in [0.3, 0.4) is 0 Å². The van der Waals surface area contributed by atoms with E-state index in [4.69, 9.17) is 11.6 Å². The summed E-state index contributed by atoms with van der Waals surface area (Å²) >= 11 is 5.94. The average Bonchev–Trinajstić information content (AvgIpc) is 2.38. The predicted octanol–water partition coefficient (Wildman–Crippen LogP) is 1.94. The SMILES string of the molecule is CC1CCCC(CO)(Nc2nc(Cl)nc(N(C)C)n2)C1. The largest absolute Gasteiger partial charge is 0.394 e. The van der Waals surface area contributed by atoms with E-state index >= 15 is 0 Å². The number of hydrogen-bond donors (Lipinski definition) is 2. The Morgan fingerprint density at radius 1 is 1.40 bits per heavy atom. The Morgan fingerprint density at radius 2 is 2.15 bits per heavy atom. The molecule has 1 aromatic heterocycles. The van der Waals surface area contributed by atoms with Crippen LogP contribution >= 0.6 is 11.6 Å². The van der Waals surface area contributed by atoms with Crippen LogP contribution in [0.15, 0.2) is 0 Å². The third-order valence-corrected chi connectivity index (χ3v) is 3.94. The predicted molar refractivity (Wildman–Crippen MR) is 80.2 cm³/mol. The maximum Gasteiger partial charge on any atom is 0.230 e. The van der Waals surface area contributed by atoms with Gasteiger partial charge in [-0.3, -0.25) is 0 Å². The van der Waals surface area contributed by atoms with Gasteiger partial charge in [-0.25, -0.2) is 0 Å². The van der Waals surface area contributed by atoms with Crippen molar-refractivity contribution in [2.75, 3.05) is 30.9 Å². The zero-order chi connectivity index (χ0) is 14.8. The second kappa shape index (κ2) is 6.10. The minimum atomic E-state index is -0.355. The van der Waals surface area contributed by atoms with Crippen LogP contribution in [0.2, 0.25) is 5.28 Å². The Bertz CT molecular complexity index is 470. The number of aliphatic hydroxyl groups is 1. The molecule has 0 bridgehead atoms. The van der Waals surface area contributed by atoms with E-state index in [1.807, 2.05) is 14.1 Å². The molecular weight excluding hydrogens is 278 g/mol. The van der Waals surface area contributed by atoms with Crippen molar-refractivity contribution >= 4 is 23.5 Å². The van der Waals surface area contributed by atoms with Gasteiger partial charge in [-0.1, -0.05) is 19.8 Å². The van der Waals surface area contributed by atoms with E-state index < -0.39 is 0 Å². The molecule has 1 aliphatic carbocycles. The summed E-state index contributed by atoms with van der Waals surface area (Å²) in [7, 11) is 3.69. The molecule has 112 valence electrons. The van der Waals surface area contributed by atoms with Crippen molar-refractivity contribution in [3.63, 3.8) is 0 Å². The number of hydrogen-bond acceptors (Lipinski definition) is 6. The van der Waals surface area contributed by atoms with Gasteiger partial charge in [0.25, 0.3) is 0 Å². The van der Waals surface area contributed by atoms with Crippen molar-refractivity contribution in [2.45, 2.75) is 38.1 Å². The first-order chi connectivity index (χ1) is 9.44. The lowest BCUT2D eigenvalue weighted by atomic mass is 9.77. The highest BCUT2D eigenvalue weighted by molar-refractivity contribution is 6.28. The zero-order valence-corrected chi connectivity index (χ0v) is 13.0. The van der Waals surface area contributed by atoms with Crippen LogP contribution in [0.25, 0.3) is 0 Å². The van der Waals surface area contributed by atoms with Gasteiger partial charge in [0.05, 0.1) is 12.1 Å². The van der Waals surface area contributed by atoms with Crippen molar-refractivity contribution in [2.24, 2.45) is 5.92 Å². The minimum Gasteiger partial charge on any atom is -0.394 e. The fourth-order valence-electron chi connectivity index (χ4n) is 2.79. The van der Waals surface area contributed by atoms with E-state index in [0.29, 0.717) is 17.8 Å². The molecule has 2 unspecified atom stereocenters. The van der Waals surface area contributed by atoms with Crippen LogP contribution < -0.4 is 10.2 Å². The molecule has 1 fully saturated rings. The van der Waals surface area contributed by atoms with Gasteiger partial charge >= 0.3 is 0 Å². The zero-order valence-electron chi connectivity index (χ0n) is 12.2. The third-order valence-electron chi connectivity index (χ3n) is 3.77. The van der Waals surface area contributed by atoms with E-state index in [2.05, 4.69) is 27.2 Å². The Morgan fingerprint density at radius 3 is 2.75 bits per heavy atom. The van der Waals surface area contributed by atoms with Crippen LogP contribution in [0.5, 0.6) is 0 Å². The molecule has 0 aliphatic heterocycles. The summed E-state index contributed by atoms with van der Waals surface area (Å²) in [5.41, 5.74) is -0.355. The van der Waals surface area contributed by atoms with Crippen molar-refractivity contribution in [3.8, 4) is 0 Å². The van der Waals surface area contributed by atoms with Gasteiger partial charge in [-0.15, -0.1) is 0 Å². The van der Waals surface area contributed by atoms with E-state index in [1.165, 1.54) is 6.42 Å². The Labute approximate surface area is 124 Å².